The predicted octanol–water partition coefficient (Wildman–Crippen LogP) is -1.33. The van der Waals surface area contributed by atoms with Crippen LogP contribution in [0.5, 0.6) is 0 Å². The van der Waals surface area contributed by atoms with Crippen LogP contribution in [-0.2, 0) is 28.8 Å². The number of rotatable bonds is 10. The molecular weight excluding hydrogens is 363 g/mol. The van der Waals surface area contributed by atoms with Crippen molar-refractivity contribution in [3.8, 4) is 0 Å². The van der Waals surface area contributed by atoms with Crippen LogP contribution in [0.3, 0.4) is 0 Å². The van der Waals surface area contributed by atoms with Crippen molar-refractivity contribution in [3.05, 3.63) is 12.7 Å². The quantitative estimate of drug-likeness (QED) is 0.352. The average Bonchev–Trinajstić information content (AvgIpc) is 2.90. The van der Waals surface area contributed by atoms with Crippen LogP contribution in [-0.4, -0.2) is 79.0 Å². The maximum absolute atomic E-state index is 13.2. The molecule has 11 heteroatoms. The van der Waals surface area contributed by atoms with Crippen LogP contribution >= 0.6 is 0 Å². The number of nitrogens with zero attached hydrogens (tertiary/aromatic N) is 2. The Morgan fingerprint density at radius 1 is 1.22 bits per heavy atom. The molecule has 0 spiro atoms. The Bertz CT molecular complexity index is 608. The Labute approximate surface area is 155 Å². The normalized spacial score (nSPS) is 16.1. The lowest BCUT2D eigenvalue weighted by Gasteiger charge is -2.22. The number of hydrogen-bond acceptors (Lipinski definition) is 7. The first-order chi connectivity index (χ1) is 12.7. The largest absolute Gasteiger partial charge is 0.355 e. The van der Waals surface area contributed by atoms with Crippen molar-refractivity contribution >= 4 is 29.6 Å². The third kappa shape index (κ3) is 6.77. The Morgan fingerprint density at radius 3 is 2.30 bits per heavy atom. The molecule has 1 fully saturated rings. The molecule has 0 saturated carbocycles. The van der Waals surface area contributed by atoms with Crippen molar-refractivity contribution in [1.29, 1.82) is 0 Å². The minimum Gasteiger partial charge on any atom is -0.341 e. The van der Waals surface area contributed by atoms with E-state index in [1.165, 1.54) is 11.0 Å². The highest BCUT2D eigenvalue weighted by molar-refractivity contribution is 6.02. The van der Waals surface area contributed by atoms with Crippen molar-refractivity contribution in [2.24, 2.45) is 0 Å². The van der Waals surface area contributed by atoms with Gasteiger partial charge in [0.15, 0.2) is 0 Å². The number of hydrogen-bond donors (Lipinski definition) is 2. The zero-order valence-electron chi connectivity index (χ0n) is 15.2. The second-order valence-corrected chi connectivity index (χ2v) is 6.09. The minimum atomic E-state index is -1.51. The van der Waals surface area contributed by atoms with E-state index >= 15 is 0 Å². The van der Waals surface area contributed by atoms with Crippen LogP contribution in [0.1, 0.15) is 19.3 Å². The first kappa shape index (κ1) is 22.2. The highest BCUT2D eigenvalue weighted by Gasteiger charge is 2.35. The van der Waals surface area contributed by atoms with Crippen LogP contribution in [0.4, 0.5) is 4.39 Å². The Morgan fingerprint density at radius 2 is 1.81 bits per heavy atom. The summed E-state index contributed by atoms with van der Waals surface area (Å²) in [5.74, 6) is -3.95. The van der Waals surface area contributed by atoms with Gasteiger partial charge in [-0.15, -0.1) is 11.6 Å². The van der Waals surface area contributed by atoms with Crippen molar-refractivity contribution in [1.82, 2.24) is 20.6 Å². The first-order valence-electron chi connectivity index (χ1n) is 8.18. The Hall–Kier alpha value is -2.82. The molecule has 0 radical (unpaired) electrons. The van der Waals surface area contributed by atoms with Gasteiger partial charge in [0.05, 0.1) is 6.54 Å². The van der Waals surface area contributed by atoms with E-state index in [2.05, 4.69) is 17.2 Å². The van der Waals surface area contributed by atoms with Gasteiger partial charge < -0.3 is 20.4 Å². The molecule has 4 amide bonds. The summed E-state index contributed by atoms with van der Waals surface area (Å²) in [5.41, 5.74) is 0. The van der Waals surface area contributed by atoms with Crippen molar-refractivity contribution in [2.75, 3.05) is 27.3 Å². The van der Waals surface area contributed by atoms with Crippen LogP contribution < -0.4 is 10.6 Å². The molecule has 2 N–H and O–H groups in total. The average molecular weight is 386 g/mol. The number of nitrogens with one attached hydrogen (secondary N) is 2. The Kier molecular flexibility index (Phi) is 8.52. The Balaban J connectivity index is 2.72. The third-order valence-electron chi connectivity index (χ3n) is 3.46. The van der Waals surface area contributed by atoms with Crippen molar-refractivity contribution < 1.29 is 33.2 Å². The standard InChI is InChI=1S/C16H23FN4O6/c1-4-5-10(16(26)27-21-13(23)6-7-14(21)24)19-15(25)11(8-17)18-12(22)9-20(2)3/h4,10-11H,1,5-9H2,2-3H3,(H,18,22)(H,19,25). The maximum Gasteiger partial charge on any atom is 0.355 e. The molecule has 1 aliphatic rings. The summed E-state index contributed by atoms with van der Waals surface area (Å²) in [4.78, 5) is 65.3. The van der Waals surface area contributed by atoms with Gasteiger partial charge in [-0.05, 0) is 20.5 Å². The van der Waals surface area contributed by atoms with E-state index < -0.39 is 48.4 Å². The number of halogens is 1. The van der Waals surface area contributed by atoms with Gasteiger partial charge in [-0.25, -0.2) is 9.18 Å². The van der Waals surface area contributed by atoms with E-state index in [4.69, 9.17) is 4.84 Å². The van der Waals surface area contributed by atoms with E-state index in [1.54, 1.807) is 14.1 Å². The molecular formula is C16H23FN4O6. The fourth-order valence-corrected chi connectivity index (χ4v) is 2.17. The molecule has 0 aromatic rings. The predicted molar refractivity (Wildman–Crippen MR) is 90.4 cm³/mol. The highest BCUT2D eigenvalue weighted by Crippen LogP contribution is 2.13. The molecule has 27 heavy (non-hydrogen) atoms. The monoisotopic (exact) mass is 386 g/mol. The van der Waals surface area contributed by atoms with Crippen LogP contribution in [0.2, 0.25) is 0 Å². The van der Waals surface area contributed by atoms with Gasteiger partial charge in [0.25, 0.3) is 11.8 Å². The number of imide groups is 1. The van der Waals surface area contributed by atoms with Gasteiger partial charge in [-0.3, -0.25) is 19.2 Å². The molecule has 0 aromatic carbocycles. The summed E-state index contributed by atoms with van der Waals surface area (Å²) in [6, 6.07) is -2.82. The molecule has 150 valence electrons. The van der Waals surface area contributed by atoms with E-state index in [1.807, 2.05) is 0 Å². The molecule has 1 heterocycles. The minimum absolute atomic E-state index is 0.0545. The van der Waals surface area contributed by atoms with Gasteiger partial charge in [-0.1, -0.05) is 6.08 Å². The van der Waals surface area contributed by atoms with Crippen LogP contribution in [0, 0.1) is 0 Å². The summed E-state index contributed by atoms with van der Waals surface area (Å²) in [7, 11) is 3.25. The maximum atomic E-state index is 13.2. The molecule has 2 unspecified atom stereocenters. The lowest BCUT2D eigenvalue weighted by atomic mass is 10.2. The molecule has 2 atom stereocenters. The number of alkyl halides is 1. The SMILES string of the molecule is C=CCC(NC(=O)C(CF)NC(=O)CN(C)C)C(=O)ON1C(=O)CCC1=O. The third-order valence-corrected chi connectivity index (χ3v) is 3.46. The van der Waals surface area contributed by atoms with Gasteiger partial charge >= 0.3 is 5.97 Å². The number of amides is 4. The van der Waals surface area contributed by atoms with E-state index in [0.29, 0.717) is 5.06 Å². The number of hydroxylamine groups is 2. The molecule has 0 bridgehead atoms. The fourth-order valence-electron chi connectivity index (χ4n) is 2.17. The van der Waals surface area contributed by atoms with Crippen molar-refractivity contribution in [3.63, 3.8) is 0 Å². The van der Waals surface area contributed by atoms with Gasteiger partial charge in [-0.2, -0.15) is 0 Å². The second kappa shape index (κ2) is 10.4. The van der Waals surface area contributed by atoms with E-state index in [-0.39, 0.29) is 25.8 Å². The number of likely N-dealkylation sites (N-methyl/N-ethyl adjacent to an activating group) is 1. The fraction of sp³-hybridized carbons (Fsp3) is 0.562. The molecule has 10 nitrogen and oxygen atoms in total. The molecule has 1 rings (SSSR count). The van der Waals surface area contributed by atoms with Gasteiger partial charge in [0.2, 0.25) is 11.8 Å². The molecule has 1 saturated heterocycles. The number of carbonyl (C=O) groups excluding carboxylic acids is 5. The lowest BCUT2D eigenvalue weighted by molar-refractivity contribution is -0.199. The molecule has 0 aliphatic carbocycles. The van der Waals surface area contributed by atoms with E-state index in [0.717, 1.165) is 0 Å². The van der Waals surface area contributed by atoms with Gasteiger partial charge in [0, 0.05) is 12.8 Å². The van der Waals surface area contributed by atoms with Crippen LogP contribution in [0.15, 0.2) is 12.7 Å². The summed E-state index contributed by atoms with van der Waals surface area (Å²) >= 11 is 0. The zero-order chi connectivity index (χ0) is 20.6. The van der Waals surface area contributed by atoms with Crippen LogP contribution in [0.25, 0.3) is 0 Å². The van der Waals surface area contributed by atoms with Gasteiger partial charge in [0.1, 0.15) is 18.8 Å². The second-order valence-electron chi connectivity index (χ2n) is 6.09. The summed E-state index contributed by atoms with van der Waals surface area (Å²) in [6.45, 7) is 2.20. The zero-order valence-corrected chi connectivity index (χ0v) is 15.2. The lowest BCUT2D eigenvalue weighted by Crippen LogP contribution is -2.54. The highest BCUT2D eigenvalue weighted by atomic mass is 19.1. The smallest absolute Gasteiger partial charge is 0.341 e. The summed E-state index contributed by atoms with van der Waals surface area (Å²) in [5, 5.41) is 4.78. The topological polar surface area (TPSA) is 125 Å². The molecule has 1 aliphatic heterocycles. The van der Waals surface area contributed by atoms with Crippen molar-refractivity contribution in [2.45, 2.75) is 31.3 Å². The summed E-state index contributed by atoms with van der Waals surface area (Å²) < 4.78 is 13.2. The number of carbonyl (C=O) groups is 5. The summed E-state index contributed by atoms with van der Waals surface area (Å²) in [6.07, 6.45) is 1.05. The molecule has 0 aromatic heterocycles. The van der Waals surface area contributed by atoms with E-state index in [9.17, 15) is 28.4 Å². The first-order valence-corrected chi connectivity index (χ1v) is 8.18.